The third kappa shape index (κ3) is 5.49. The average molecular weight is 456 g/mol. The fourth-order valence-electron chi connectivity index (χ4n) is 5.61. The van der Waals surface area contributed by atoms with Crippen LogP contribution < -0.4 is 5.32 Å². The van der Waals surface area contributed by atoms with Crippen LogP contribution in [0.25, 0.3) is 0 Å². The summed E-state index contributed by atoms with van der Waals surface area (Å²) in [6.07, 6.45) is 6.82. The highest BCUT2D eigenvalue weighted by Crippen LogP contribution is 2.41. The fourth-order valence-corrected chi connectivity index (χ4v) is 5.61. The number of hydrogen-bond donors (Lipinski definition) is 3. The van der Waals surface area contributed by atoms with Gasteiger partial charge < -0.3 is 20.3 Å². The SMILES string of the molecule is CC(C)(CC(O)(CNc1ccc2c(c1)COC2=O)CC1CCCCC1)c1cc(F)ccc1O. The monoisotopic (exact) mass is 455 g/mol. The Morgan fingerprint density at radius 1 is 1.12 bits per heavy atom. The highest BCUT2D eigenvalue weighted by atomic mass is 19.1. The third-order valence-corrected chi connectivity index (χ3v) is 7.16. The second-order valence-electron chi connectivity index (χ2n) is 10.5. The summed E-state index contributed by atoms with van der Waals surface area (Å²) >= 11 is 0. The Hall–Kier alpha value is -2.60. The van der Waals surface area contributed by atoms with Gasteiger partial charge in [-0.3, -0.25) is 0 Å². The Morgan fingerprint density at radius 2 is 1.88 bits per heavy atom. The first-order chi connectivity index (χ1) is 15.7. The first-order valence-electron chi connectivity index (χ1n) is 11.9. The van der Waals surface area contributed by atoms with Crippen LogP contribution in [0.4, 0.5) is 10.1 Å². The van der Waals surface area contributed by atoms with E-state index in [1.54, 1.807) is 6.07 Å². The maximum Gasteiger partial charge on any atom is 0.338 e. The van der Waals surface area contributed by atoms with Gasteiger partial charge in [0.1, 0.15) is 18.2 Å². The molecule has 1 fully saturated rings. The number of benzene rings is 2. The van der Waals surface area contributed by atoms with Crippen LogP contribution in [0.5, 0.6) is 5.75 Å². The largest absolute Gasteiger partial charge is 0.508 e. The van der Waals surface area contributed by atoms with Gasteiger partial charge in [0, 0.05) is 23.4 Å². The summed E-state index contributed by atoms with van der Waals surface area (Å²) in [5.74, 6) is -0.229. The molecule has 3 N–H and O–H groups in total. The van der Waals surface area contributed by atoms with Crippen molar-refractivity contribution in [3.05, 3.63) is 58.9 Å². The molecule has 1 atom stereocenters. The molecule has 2 aromatic rings. The molecule has 0 spiro atoms. The van der Waals surface area contributed by atoms with Crippen LogP contribution in [0.2, 0.25) is 0 Å². The van der Waals surface area contributed by atoms with E-state index in [0.717, 1.165) is 24.1 Å². The summed E-state index contributed by atoms with van der Waals surface area (Å²) in [6, 6.07) is 9.45. The minimum Gasteiger partial charge on any atom is -0.508 e. The van der Waals surface area contributed by atoms with Crippen molar-refractivity contribution in [2.45, 2.75) is 76.4 Å². The van der Waals surface area contributed by atoms with Crippen LogP contribution in [0.15, 0.2) is 36.4 Å². The average Bonchev–Trinajstić information content (AvgIpc) is 3.14. The van der Waals surface area contributed by atoms with Crippen LogP contribution in [-0.4, -0.2) is 28.3 Å². The van der Waals surface area contributed by atoms with Crippen molar-refractivity contribution in [3.63, 3.8) is 0 Å². The van der Waals surface area contributed by atoms with Crippen molar-refractivity contribution in [2.24, 2.45) is 5.92 Å². The molecule has 6 heteroatoms. The number of carbonyl (C=O) groups excluding carboxylic acids is 1. The highest BCUT2D eigenvalue weighted by Gasteiger charge is 2.39. The number of halogens is 1. The Morgan fingerprint density at radius 3 is 2.64 bits per heavy atom. The Kier molecular flexibility index (Phi) is 6.66. The van der Waals surface area contributed by atoms with Crippen LogP contribution in [-0.2, 0) is 16.8 Å². The van der Waals surface area contributed by atoms with Crippen molar-refractivity contribution < 1.29 is 24.1 Å². The highest BCUT2D eigenvalue weighted by molar-refractivity contribution is 5.93. The van der Waals surface area contributed by atoms with Crippen LogP contribution in [0.3, 0.4) is 0 Å². The predicted octanol–water partition coefficient (Wildman–Crippen LogP) is 5.68. The van der Waals surface area contributed by atoms with Gasteiger partial charge in [-0.25, -0.2) is 9.18 Å². The lowest BCUT2D eigenvalue weighted by molar-refractivity contribution is -0.00243. The van der Waals surface area contributed by atoms with E-state index in [0.29, 0.717) is 36.4 Å². The van der Waals surface area contributed by atoms with E-state index in [1.165, 1.54) is 37.5 Å². The van der Waals surface area contributed by atoms with Crippen molar-refractivity contribution in [3.8, 4) is 5.75 Å². The zero-order valence-electron chi connectivity index (χ0n) is 19.5. The molecular weight excluding hydrogens is 421 g/mol. The van der Waals surface area contributed by atoms with Gasteiger partial charge in [-0.2, -0.15) is 0 Å². The molecule has 1 saturated carbocycles. The molecule has 0 saturated heterocycles. The van der Waals surface area contributed by atoms with Gasteiger partial charge in [-0.05, 0) is 60.6 Å². The Bertz CT molecular complexity index is 1020. The molecule has 2 aromatic carbocycles. The number of cyclic esters (lactones) is 1. The third-order valence-electron chi connectivity index (χ3n) is 7.16. The molecule has 1 unspecified atom stereocenters. The van der Waals surface area contributed by atoms with E-state index in [-0.39, 0.29) is 18.3 Å². The molecule has 5 nitrogen and oxygen atoms in total. The number of anilines is 1. The second kappa shape index (κ2) is 9.34. The predicted molar refractivity (Wildman–Crippen MR) is 126 cm³/mol. The minimum absolute atomic E-state index is 0.0395. The van der Waals surface area contributed by atoms with E-state index < -0.39 is 16.8 Å². The molecular formula is C27H34FNO4. The number of ether oxygens (including phenoxy) is 1. The van der Waals surface area contributed by atoms with Gasteiger partial charge in [0.05, 0.1) is 11.2 Å². The molecule has 33 heavy (non-hydrogen) atoms. The molecule has 0 radical (unpaired) electrons. The summed E-state index contributed by atoms with van der Waals surface area (Å²) in [4.78, 5) is 11.7. The zero-order valence-corrected chi connectivity index (χ0v) is 19.5. The van der Waals surface area contributed by atoms with Crippen molar-refractivity contribution in [1.82, 2.24) is 0 Å². The van der Waals surface area contributed by atoms with E-state index in [2.05, 4.69) is 5.32 Å². The molecule has 4 rings (SSSR count). The van der Waals surface area contributed by atoms with E-state index in [9.17, 15) is 19.4 Å². The molecule has 2 aliphatic rings. The standard InChI is InChI=1S/C27H34FNO4/c1-26(2,23-13-20(28)8-11-24(23)30)16-27(32,14-18-6-4-3-5-7-18)17-29-21-9-10-22-19(12-21)15-33-25(22)31/h8-13,18,29-30,32H,3-7,14-17H2,1-2H3. The Balaban J connectivity index is 1.55. The van der Waals surface area contributed by atoms with E-state index >= 15 is 0 Å². The molecule has 178 valence electrons. The number of phenols is 1. The summed E-state index contributed by atoms with van der Waals surface area (Å²) < 4.78 is 19.1. The number of fused-ring (bicyclic) bond motifs is 1. The van der Waals surface area contributed by atoms with Crippen molar-refractivity contribution in [2.75, 3.05) is 11.9 Å². The quantitative estimate of drug-likeness (QED) is 0.446. The lowest BCUT2D eigenvalue weighted by Gasteiger charge is -2.40. The molecule has 0 bridgehead atoms. The summed E-state index contributed by atoms with van der Waals surface area (Å²) in [7, 11) is 0. The molecule has 1 aliphatic heterocycles. The lowest BCUT2D eigenvalue weighted by Crippen LogP contribution is -2.44. The number of aromatic hydroxyl groups is 1. The molecule has 0 aromatic heterocycles. The number of nitrogens with one attached hydrogen (secondary N) is 1. The Labute approximate surface area is 195 Å². The van der Waals surface area contributed by atoms with Gasteiger partial charge >= 0.3 is 5.97 Å². The smallest absolute Gasteiger partial charge is 0.338 e. The van der Waals surface area contributed by atoms with Gasteiger partial charge in [-0.1, -0.05) is 46.0 Å². The summed E-state index contributed by atoms with van der Waals surface area (Å²) in [6.45, 7) is 4.45. The maximum absolute atomic E-state index is 14.0. The molecule has 1 aliphatic carbocycles. The van der Waals surface area contributed by atoms with E-state index in [4.69, 9.17) is 4.74 Å². The summed E-state index contributed by atoms with van der Waals surface area (Å²) in [5, 5.41) is 25.7. The lowest BCUT2D eigenvalue weighted by atomic mass is 9.70. The number of esters is 1. The fraction of sp³-hybridized carbons (Fsp3) is 0.519. The number of aliphatic hydroxyl groups is 1. The van der Waals surface area contributed by atoms with Crippen LogP contribution in [0.1, 0.15) is 80.3 Å². The number of phenolic OH excluding ortho intramolecular Hbond substituents is 1. The van der Waals surface area contributed by atoms with Crippen molar-refractivity contribution >= 4 is 11.7 Å². The topological polar surface area (TPSA) is 78.8 Å². The van der Waals surface area contributed by atoms with E-state index in [1.807, 2.05) is 26.0 Å². The first kappa shape index (κ1) is 23.6. The van der Waals surface area contributed by atoms with Gasteiger partial charge in [-0.15, -0.1) is 0 Å². The normalized spacial score (nSPS) is 18.5. The number of hydrogen-bond acceptors (Lipinski definition) is 5. The molecule has 0 amide bonds. The van der Waals surface area contributed by atoms with Crippen LogP contribution in [0, 0.1) is 11.7 Å². The first-order valence-corrected chi connectivity index (χ1v) is 11.9. The van der Waals surface area contributed by atoms with Crippen LogP contribution >= 0.6 is 0 Å². The second-order valence-corrected chi connectivity index (χ2v) is 10.5. The van der Waals surface area contributed by atoms with Gasteiger partial charge in [0.2, 0.25) is 0 Å². The number of rotatable bonds is 8. The maximum atomic E-state index is 14.0. The van der Waals surface area contributed by atoms with Crippen molar-refractivity contribution in [1.29, 1.82) is 0 Å². The molecule has 1 heterocycles. The number of carbonyl (C=O) groups is 1. The zero-order chi connectivity index (χ0) is 23.6. The summed E-state index contributed by atoms with van der Waals surface area (Å²) in [5.41, 5.74) is 1.04. The van der Waals surface area contributed by atoms with Gasteiger partial charge in [0.25, 0.3) is 0 Å². The minimum atomic E-state index is -1.06. The van der Waals surface area contributed by atoms with Gasteiger partial charge in [0.15, 0.2) is 0 Å².